The summed E-state index contributed by atoms with van der Waals surface area (Å²) in [5.74, 6) is 0.923. The van der Waals surface area contributed by atoms with Gasteiger partial charge in [-0.3, -0.25) is 0 Å². The van der Waals surface area contributed by atoms with Crippen molar-refractivity contribution < 1.29 is 4.74 Å². The van der Waals surface area contributed by atoms with E-state index in [9.17, 15) is 0 Å². The molecular weight excluding hydrogens is 234 g/mol. The number of aryl methyl sites for hydroxylation is 2. The number of hydrogen-bond acceptors (Lipinski definition) is 2. The largest absolute Gasteiger partial charge is 0.496 e. The average Bonchev–Trinajstić information content (AvgIpc) is 2.40. The van der Waals surface area contributed by atoms with Crippen molar-refractivity contribution in [3.05, 3.63) is 64.7 Å². The number of nitrogens with one attached hydrogen (secondary N) is 1. The van der Waals surface area contributed by atoms with Crippen LogP contribution >= 0.6 is 0 Å². The summed E-state index contributed by atoms with van der Waals surface area (Å²) in [4.78, 5) is 0. The van der Waals surface area contributed by atoms with E-state index in [-0.39, 0.29) is 6.04 Å². The second-order valence-corrected chi connectivity index (χ2v) is 4.88. The molecule has 0 spiro atoms. The monoisotopic (exact) mass is 255 g/mol. The highest BCUT2D eigenvalue weighted by Crippen LogP contribution is 2.30. The lowest BCUT2D eigenvalue weighted by Gasteiger charge is -2.21. The van der Waals surface area contributed by atoms with Crippen LogP contribution in [0.25, 0.3) is 0 Å². The van der Waals surface area contributed by atoms with Crippen LogP contribution < -0.4 is 10.1 Å². The van der Waals surface area contributed by atoms with Crippen LogP contribution in [0, 0.1) is 13.8 Å². The summed E-state index contributed by atoms with van der Waals surface area (Å²) >= 11 is 0. The maximum absolute atomic E-state index is 5.49. The molecular formula is C17H21NO. The van der Waals surface area contributed by atoms with Gasteiger partial charge < -0.3 is 10.1 Å². The molecule has 1 atom stereocenters. The molecule has 1 N–H and O–H groups in total. The molecule has 0 amide bonds. The number of methoxy groups -OCH3 is 1. The van der Waals surface area contributed by atoms with E-state index < -0.39 is 0 Å². The first-order valence-corrected chi connectivity index (χ1v) is 6.54. The highest BCUT2D eigenvalue weighted by atomic mass is 16.5. The van der Waals surface area contributed by atoms with Gasteiger partial charge in [0.05, 0.1) is 13.2 Å². The molecule has 19 heavy (non-hydrogen) atoms. The van der Waals surface area contributed by atoms with E-state index >= 15 is 0 Å². The number of benzene rings is 2. The van der Waals surface area contributed by atoms with Crippen molar-refractivity contribution in [3.63, 3.8) is 0 Å². The molecule has 2 rings (SSSR count). The smallest absolute Gasteiger partial charge is 0.123 e. The Kier molecular flexibility index (Phi) is 4.23. The molecule has 0 aliphatic heterocycles. The minimum atomic E-state index is 0.148. The Hall–Kier alpha value is -1.80. The fourth-order valence-corrected chi connectivity index (χ4v) is 2.43. The number of ether oxygens (including phenoxy) is 1. The van der Waals surface area contributed by atoms with Gasteiger partial charge in [-0.05, 0) is 32.5 Å². The van der Waals surface area contributed by atoms with Crippen molar-refractivity contribution in [2.24, 2.45) is 0 Å². The quantitative estimate of drug-likeness (QED) is 0.901. The minimum Gasteiger partial charge on any atom is -0.496 e. The highest BCUT2D eigenvalue weighted by molar-refractivity contribution is 5.44. The third-order valence-corrected chi connectivity index (χ3v) is 3.36. The molecule has 0 aliphatic rings. The van der Waals surface area contributed by atoms with Crippen LogP contribution in [-0.2, 0) is 0 Å². The molecule has 100 valence electrons. The van der Waals surface area contributed by atoms with Gasteiger partial charge in [-0.25, -0.2) is 0 Å². The lowest BCUT2D eigenvalue weighted by Crippen LogP contribution is -2.18. The number of hydrogen-bond donors (Lipinski definition) is 1. The van der Waals surface area contributed by atoms with Crippen molar-refractivity contribution in [1.29, 1.82) is 0 Å². The van der Waals surface area contributed by atoms with Gasteiger partial charge in [-0.2, -0.15) is 0 Å². The van der Waals surface area contributed by atoms with Gasteiger partial charge in [-0.15, -0.1) is 0 Å². The van der Waals surface area contributed by atoms with Gasteiger partial charge in [0, 0.05) is 5.56 Å². The predicted octanol–water partition coefficient (Wildman–Crippen LogP) is 3.62. The summed E-state index contributed by atoms with van der Waals surface area (Å²) in [6.45, 7) is 4.22. The molecule has 0 aliphatic carbocycles. The first-order chi connectivity index (χ1) is 9.15. The second-order valence-electron chi connectivity index (χ2n) is 4.88. The molecule has 0 heterocycles. The molecule has 0 aromatic heterocycles. The fourth-order valence-electron chi connectivity index (χ4n) is 2.43. The first-order valence-electron chi connectivity index (χ1n) is 6.54. The summed E-state index contributed by atoms with van der Waals surface area (Å²) in [5, 5.41) is 3.38. The number of rotatable bonds is 4. The normalized spacial score (nSPS) is 12.2. The van der Waals surface area contributed by atoms with Crippen LogP contribution in [0.15, 0.2) is 42.5 Å². The van der Waals surface area contributed by atoms with Crippen LogP contribution in [0.1, 0.15) is 28.3 Å². The Bertz CT molecular complexity index is 563. The average molecular weight is 255 g/mol. The summed E-state index contributed by atoms with van der Waals surface area (Å²) in [5.41, 5.74) is 4.94. The van der Waals surface area contributed by atoms with Gasteiger partial charge in [0.2, 0.25) is 0 Å². The van der Waals surface area contributed by atoms with Crippen molar-refractivity contribution in [2.75, 3.05) is 14.2 Å². The molecule has 0 radical (unpaired) electrons. The molecule has 0 saturated carbocycles. The fraction of sp³-hybridized carbons (Fsp3) is 0.294. The first kappa shape index (κ1) is 13.6. The molecule has 0 saturated heterocycles. The molecule has 2 nitrogen and oxygen atoms in total. The van der Waals surface area contributed by atoms with E-state index in [1.54, 1.807) is 7.11 Å². The van der Waals surface area contributed by atoms with Crippen LogP contribution in [0.5, 0.6) is 5.75 Å². The summed E-state index contributed by atoms with van der Waals surface area (Å²) in [6.07, 6.45) is 0. The third kappa shape index (κ3) is 2.96. The maximum Gasteiger partial charge on any atom is 0.123 e. The molecule has 0 bridgehead atoms. The van der Waals surface area contributed by atoms with Crippen LogP contribution in [0.2, 0.25) is 0 Å². The van der Waals surface area contributed by atoms with E-state index in [4.69, 9.17) is 4.74 Å². The Morgan fingerprint density at radius 3 is 2.37 bits per heavy atom. The van der Waals surface area contributed by atoms with Crippen molar-refractivity contribution in [2.45, 2.75) is 19.9 Å². The Balaban J connectivity index is 2.50. The van der Waals surface area contributed by atoms with Gasteiger partial charge in [0.15, 0.2) is 0 Å². The second kappa shape index (κ2) is 5.89. The van der Waals surface area contributed by atoms with Crippen LogP contribution in [0.4, 0.5) is 0 Å². The topological polar surface area (TPSA) is 21.3 Å². The van der Waals surface area contributed by atoms with Crippen LogP contribution in [0.3, 0.4) is 0 Å². The Morgan fingerprint density at radius 1 is 1.00 bits per heavy atom. The molecule has 2 aromatic carbocycles. The lowest BCUT2D eigenvalue weighted by atomic mass is 9.95. The summed E-state index contributed by atoms with van der Waals surface area (Å²) in [6, 6.07) is 15.0. The van der Waals surface area contributed by atoms with Gasteiger partial charge in [-0.1, -0.05) is 47.5 Å². The van der Waals surface area contributed by atoms with Gasteiger partial charge >= 0.3 is 0 Å². The molecule has 2 aromatic rings. The van der Waals surface area contributed by atoms with E-state index in [0.29, 0.717) is 0 Å². The summed E-state index contributed by atoms with van der Waals surface area (Å²) in [7, 11) is 3.70. The highest BCUT2D eigenvalue weighted by Gasteiger charge is 2.16. The van der Waals surface area contributed by atoms with E-state index in [2.05, 4.69) is 55.6 Å². The Morgan fingerprint density at radius 2 is 1.74 bits per heavy atom. The van der Waals surface area contributed by atoms with E-state index in [1.165, 1.54) is 22.3 Å². The predicted molar refractivity (Wildman–Crippen MR) is 79.8 cm³/mol. The van der Waals surface area contributed by atoms with Gasteiger partial charge in [0.1, 0.15) is 5.75 Å². The minimum absolute atomic E-state index is 0.148. The zero-order valence-electron chi connectivity index (χ0n) is 12.0. The standard InChI is InChI=1S/C17H21NO/c1-12-6-5-7-14(10-12)17(18-3)15-11-13(2)8-9-16(15)19-4/h5-11,17-18H,1-4H3. The Labute approximate surface area is 115 Å². The lowest BCUT2D eigenvalue weighted by molar-refractivity contribution is 0.405. The SMILES string of the molecule is CNC(c1cccc(C)c1)c1cc(C)ccc1OC. The van der Waals surface area contributed by atoms with Crippen molar-refractivity contribution in [1.82, 2.24) is 5.32 Å². The molecule has 1 unspecified atom stereocenters. The van der Waals surface area contributed by atoms with Crippen LogP contribution in [-0.4, -0.2) is 14.2 Å². The van der Waals surface area contributed by atoms with E-state index in [0.717, 1.165) is 5.75 Å². The maximum atomic E-state index is 5.49. The zero-order valence-corrected chi connectivity index (χ0v) is 12.0. The third-order valence-electron chi connectivity index (χ3n) is 3.36. The van der Waals surface area contributed by atoms with E-state index in [1.807, 2.05) is 13.1 Å². The van der Waals surface area contributed by atoms with Crippen molar-refractivity contribution >= 4 is 0 Å². The molecule has 0 fully saturated rings. The zero-order chi connectivity index (χ0) is 13.8. The van der Waals surface area contributed by atoms with Gasteiger partial charge in [0.25, 0.3) is 0 Å². The molecule has 2 heteroatoms. The summed E-state index contributed by atoms with van der Waals surface area (Å²) < 4.78 is 5.49. The van der Waals surface area contributed by atoms with Crippen molar-refractivity contribution in [3.8, 4) is 5.75 Å².